The summed E-state index contributed by atoms with van der Waals surface area (Å²) in [7, 11) is 0. The molecule has 3 aromatic rings. The third kappa shape index (κ3) is 3.12. The summed E-state index contributed by atoms with van der Waals surface area (Å²) in [6.07, 6.45) is -3.31. The highest BCUT2D eigenvalue weighted by Gasteiger charge is 2.38. The fourth-order valence-electron chi connectivity index (χ4n) is 2.15. The van der Waals surface area contributed by atoms with Crippen LogP contribution in [-0.2, 0) is 6.18 Å². The van der Waals surface area contributed by atoms with E-state index in [0.29, 0.717) is 5.56 Å². The maximum Gasteiger partial charge on any atom is 0.434 e. The van der Waals surface area contributed by atoms with Crippen molar-refractivity contribution in [3.8, 4) is 11.3 Å². The molecule has 2 aromatic heterocycles. The first kappa shape index (κ1) is 15.7. The van der Waals surface area contributed by atoms with Gasteiger partial charge in [-0.05, 0) is 12.1 Å². The van der Waals surface area contributed by atoms with Crippen molar-refractivity contribution in [3.05, 3.63) is 66.1 Å². The number of pyridine rings is 1. The quantitative estimate of drug-likeness (QED) is 0.767. The van der Waals surface area contributed by atoms with Crippen LogP contribution in [0.2, 0.25) is 0 Å². The minimum Gasteiger partial charge on any atom is -0.317 e. The molecule has 0 saturated heterocycles. The number of aromatic nitrogens is 3. The lowest BCUT2D eigenvalue weighted by molar-refractivity contribution is -0.140. The van der Waals surface area contributed by atoms with Crippen molar-refractivity contribution >= 4 is 11.6 Å². The van der Waals surface area contributed by atoms with Crippen LogP contribution in [0.25, 0.3) is 11.3 Å². The fourth-order valence-corrected chi connectivity index (χ4v) is 2.15. The number of halogens is 3. The van der Waals surface area contributed by atoms with Gasteiger partial charge in [-0.2, -0.15) is 18.3 Å². The van der Waals surface area contributed by atoms with Gasteiger partial charge in [0.2, 0.25) is 0 Å². The maximum atomic E-state index is 13.2. The molecule has 1 aromatic carbocycles. The Balaban J connectivity index is 2.04. The number of nitrogens with zero attached hydrogens (tertiary/aromatic N) is 2. The van der Waals surface area contributed by atoms with Crippen LogP contribution in [-0.4, -0.2) is 21.1 Å². The molecule has 2 N–H and O–H groups in total. The average molecular weight is 332 g/mol. The van der Waals surface area contributed by atoms with E-state index in [2.05, 4.69) is 15.4 Å². The lowest BCUT2D eigenvalue weighted by atomic mass is 10.1. The third-order valence-corrected chi connectivity index (χ3v) is 3.23. The Morgan fingerprint density at radius 2 is 1.75 bits per heavy atom. The maximum absolute atomic E-state index is 13.2. The zero-order chi connectivity index (χ0) is 17.2. The summed E-state index contributed by atoms with van der Waals surface area (Å²) < 4.78 is 39.6. The van der Waals surface area contributed by atoms with Gasteiger partial charge in [0, 0.05) is 11.8 Å². The Morgan fingerprint density at radius 1 is 1.04 bits per heavy atom. The van der Waals surface area contributed by atoms with Crippen molar-refractivity contribution in [1.82, 2.24) is 15.2 Å². The normalized spacial score (nSPS) is 11.3. The summed E-state index contributed by atoms with van der Waals surface area (Å²) >= 11 is 0. The Bertz CT molecular complexity index is 845. The molecule has 0 fully saturated rings. The Labute approximate surface area is 134 Å². The molecule has 5 nitrogen and oxygen atoms in total. The van der Waals surface area contributed by atoms with Crippen molar-refractivity contribution in [1.29, 1.82) is 0 Å². The van der Waals surface area contributed by atoms with Crippen LogP contribution in [0.4, 0.5) is 18.9 Å². The lowest BCUT2D eigenvalue weighted by Crippen LogP contribution is -2.17. The van der Waals surface area contributed by atoms with Gasteiger partial charge in [0.05, 0.1) is 0 Å². The molecule has 0 atom stereocenters. The molecule has 0 spiro atoms. The topological polar surface area (TPSA) is 70.7 Å². The predicted octanol–water partition coefficient (Wildman–Crippen LogP) is 3.74. The molecule has 0 unspecified atom stereocenters. The molecule has 8 heteroatoms. The first-order valence-corrected chi connectivity index (χ1v) is 6.90. The summed E-state index contributed by atoms with van der Waals surface area (Å²) in [5.74, 6) is -0.750. The van der Waals surface area contributed by atoms with Gasteiger partial charge in [0.1, 0.15) is 17.1 Å². The molecule has 0 aliphatic heterocycles. The molecule has 1 amide bonds. The van der Waals surface area contributed by atoms with Crippen LogP contribution < -0.4 is 5.32 Å². The van der Waals surface area contributed by atoms with E-state index in [1.54, 1.807) is 42.5 Å². The highest BCUT2D eigenvalue weighted by Crippen LogP contribution is 2.38. The van der Waals surface area contributed by atoms with Gasteiger partial charge in [0.15, 0.2) is 5.69 Å². The molecule has 122 valence electrons. The number of hydrogen-bond acceptors (Lipinski definition) is 3. The number of nitrogens with one attached hydrogen (secondary N) is 2. The third-order valence-electron chi connectivity index (χ3n) is 3.23. The van der Waals surface area contributed by atoms with Gasteiger partial charge in [-0.15, -0.1) is 0 Å². The summed E-state index contributed by atoms with van der Waals surface area (Å²) in [5, 5.41) is 7.94. The zero-order valence-corrected chi connectivity index (χ0v) is 12.1. The number of H-pyrrole nitrogens is 1. The molecular weight excluding hydrogens is 321 g/mol. The monoisotopic (exact) mass is 332 g/mol. The van der Waals surface area contributed by atoms with Gasteiger partial charge in [-0.25, -0.2) is 0 Å². The van der Waals surface area contributed by atoms with Crippen molar-refractivity contribution in [2.75, 3.05) is 5.32 Å². The molecular formula is C16H11F3N4O. The van der Waals surface area contributed by atoms with Gasteiger partial charge in [-0.1, -0.05) is 36.4 Å². The standard InChI is InChI=1S/C16H11F3N4O/c17-16(18,19)14-13(21-15(24)11-8-4-5-9-20-11)12(22-23-14)10-6-2-1-3-7-10/h1-9H,(H,21,24)(H,22,23). The molecule has 0 saturated carbocycles. The molecule has 2 heterocycles. The van der Waals surface area contributed by atoms with E-state index >= 15 is 0 Å². The SMILES string of the molecule is O=C(Nc1c(-c2ccccc2)n[nH]c1C(F)(F)F)c1ccccn1. The van der Waals surface area contributed by atoms with Crippen molar-refractivity contribution < 1.29 is 18.0 Å². The fraction of sp³-hybridized carbons (Fsp3) is 0.0625. The van der Waals surface area contributed by atoms with E-state index in [1.807, 2.05) is 5.10 Å². The number of carbonyl (C=O) groups excluding carboxylic acids is 1. The highest BCUT2D eigenvalue weighted by atomic mass is 19.4. The largest absolute Gasteiger partial charge is 0.434 e. The van der Waals surface area contributed by atoms with E-state index in [1.165, 1.54) is 12.3 Å². The Kier molecular flexibility index (Phi) is 4.03. The number of anilines is 1. The summed E-state index contributed by atoms with van der Waals surface area (Å²) in [4.78, 5) is 16.0. The van der Waals surface area contributed by atoms with Crippen LogP contribution in [0.15, 0.2) is 54.7 Å². The van der Waals surface area contributed by atoms with Gasteiger partial charge in [0.25, 0.3) is 5.91 Å². The van der Waals surface area contributed by atoms with Crippen LogP contribution in [0.1, 0.15) is 16.2 Å². The minimum atomic E-state index is -4.69. The lowest BCUT2D eigenvalue weighted by Gasteiger charge is -2.10. The highest BCUT2D eigenvalue weighted by molar-refractivity contribution is 6.05. The molecule has 0 radical (unpaired) electrons. The molecule has 0 bridgehead atoms. The zero-order valence-electron chi connectivity index (χ0n) is 12.1. The molecule has 24 heavy (non-hydrogen) atoms. The molecule has 0 aliphatic carbocycles. The van der Waals surface area contributed by atoms with Gasteiger partial charge in [-0.3, -0.25) is 14.9 Å². The van der Waals surface area contributed by atoms with Gasteiger partial charge >= 0.3 is 6.18 Å². The number of hydrogen-bond donors (Lipinski definition) is 2. The second kappa shape index (κ2) is 6.15. The Hall–Kier alpha value is -3.16. The number of benzene rings is 1. The number of aromatic amines is 1. The van der Waals surface area contributed by atoms with E-state index < -0.39 is 23.5 Å². The van der Waals surface area contributed by atoms with E-state index in [9.17, 15) is 18.0 Å². The van der Waals surface area contributed by atoms with E-state index in [-0.39, 0.29) is 11.4 Å². The summed E-state index contributed by atoms with van der Waals surface area (Å²) in [6.45, 7) is 0. The van der Waals surface area contributed by atoms with Crippen LogP contribution >= 0.6 is 0 Å². The summed E-state index contributed by atoms with van der Waals surface area (Å²) in [6, 6.07) is 12.9. The number of rotatable bonds is 3. The smallest absolute Gasteiger partial charge is 0.317 e. The Morgan fingerprint density at radius 3 is 2.38 bits per heavy atom. The van der Waals surface area contributed by atoms with Crippen molar-refractivity contribution in [2.24, 2.45) is 0 Å². The second-order valence-electron chi connectivity index (χ2n) is 4.86. The van der Waals surface area contributed by atoms with E-state index in [4.69, 9.17) is 0 Å². The first-order chi connectivity index (χ1) is 11.5. The molecule has 3 rings (SSSR count). The van der Waals surface area contributed by atoms with Crippen molar-refractivity contribution in [3.63, 3.8) is 0 Å². The van der Waals surface area contributed by atoms with Crippen LogP contribution in [0.3, 0.4) is 0 Å². The van der Waals surface area contributed by atoms with Crippen molar-refractivity contribution in [2.45, 2.75) is 6.18 Å². The summed E-state index contributed by atoms with van der Waals surface area (Å²) in [5.41, 5.74) is -1.09. The predicted molar refractivity (Wildman–Crippen MR) is 81.2 cm³/mol. The first-order valence-electron chi connectivity index (χ1n) is 6.90. The minimum absolute atomic E-state index is 0.00540. The number of alkyl halides is 3. The number of carbonyl (C=O) groups is 1. The van der Waals surface area contributed by atoms with E-state index in [0.717, 1.165) is 0 Å². The van der Waals surface area contributed by atoms with Gasteiger partial charge < -0.3 is 5.32 Å². The average Bonchev–Trinajstić information content (AvgIpc) is 3.00. The van der Waals surface area contributed by atoms with Crippen LogP contribution in [0.5, 0.6) is 0 Å². The number of amides is 1. The second-order valence-corrected chi connectivity index (χ2v) is 4.86. The molecule has 0 aliphatic rings. The van der Waals surface area contributed by atoms with Crippen LogP contribution in [0, 0.1) is 0 Å².